The highest BCUT2D eigenvalue weighted by Gasteiger charge is 2.05. The van der Waals surface area contributed by atoms with Gasteiger partial charge in [-0.2, -0.15) is 5.10 Å². The molecule has 0 atom stereocenters. The lowest BCUT2D eigenvalue weighted by Gasteiger charge is -2.02. The van der Waals surface area contributed by atoms with Crippen LogP contribution in [0.25, 0.3) is 0 Å². The van der Waals surface area contributed by atoms with Crippen molar-refractivity contribution in [3.8, 4) is 0 Å². The summed E-state index contributed by atoms with van der Waals surface area (Å²) in [5, 5.41) is 10.4. The number of hydrogen-bond donors (Lipinski definition) is 2. The van der Waals surface area contributed by atoms with Gasteiger partial charge in [0.05, 0.1) is 6.54 Å². The fourth-order valence-electron chi connectivity index (χ4n) is 1.36. The van der Waals surface area contributed by atoms with E-state index in [-0.39, 0.29) is 12.5 Å². The van der Waals surface area contributed by atoms with Crippen LogP contribution in [0.5, 0.6) is 0 Å². The Kier molecular flexibility index (Phi) is 3.08. The summed E-state index contributed by atoms with van der Waals surface area (Å²) in [5.74, 6) is 0.952. The second-order valence-corrected chi connectivity index (χ2v) is 3.64. The first-order valence-electron chi connectivity index (χ1n) is 5.11. The quantitative estimate of drug-likeness (QED) is 0.781. The molecule has 3 N–H and O–H groups in total. The monoisotopic (exact) mass is 235 g/mol. The molecule has 2 aromatic rings. The zero-order chi connectivity index (χ0) is 12.3. The molecular weight excluding hydrogens is 222 g/mol. The van der Waals surface area contributed by atoms with Crippen molar-refractivity contribution in [3.05, 3.63) is 29.8 Å². The van der Waals surface area contributed by atoms with Gasteiger partial charge in [0.25, 0.3) is 0 Å². The van der Waals surface area contributed by atoms with E-state index in [1.165, 1.54) is 4.68 Å². The van der Waals surface area contributed by atoms with Gasteiger partial charge >= 0.3 is 0 Å². The lowest BCUT2D eigenvalue weighted by Crippen LogP contribution is -2.27. The maximum atomic E-state index is 11.5. The molecule has 7 heteroatoms. The third-order valence-corrected chi connectivity index (χ3v) is 2.11. The Bertz CT molecular complexity index is 516. The number of nitrogens with zero attached hydrogens (tertiary/aromatic N) is 3. The SMILES string of the molecule is Cc1cc(CNC(=O)Cn2ccc(N)n2)no1. The summed E-state index contributed by atoms with van der Waals surface area (Å²) in [4.78, 5) is 11.5. The van der Waals surface area contributed by atoms with E-state index in [0.29, 0.717) is 23.8 Å². The number of nitrogens with two attached hydrogens (primary N) is 1. The minimum Gasteiger partial charge on any atom is -0.382 e. The lowest BCUT2D eigenvalue weighted by molar-refractivity contribution is -0.122. The summed E-state index contributed by atoms with van der Waals surface area (Å²) in [6.45, 7) is 2.27. The molecule has 2 heterocycles. The molecule has 2 rings (SSSR count). The van der Waals surface area contributed by atoms with Crippen molar-refractivity contribution >= 4 is 11.7 Å². The molecule has 0 saturated heterocycles. The highest BCUT2D eigenvalue weighted by atomic mass is 16.5. The molecule has 0 radical (unpaired) electrons. The minimum atomic E-state index is -0.159. The number of aryl methyl sites for hydroxylation is 1. The molecular formula is C10H13N5O2. The largest absolute Gasteiger partial charge is 0.382 e. The molecule has 2 aromatic heterocycles. The van der Waals surface area contributed by atoms with Crippen LogP contribution in [0.15, 0.2) is 22.9 Å². The van der Waals surface area contributed by atoms with Crippen LogP contribution >= 0.6 is 0 Å². The third kappa shape index (κ3) is 3.07. The van der Waals surface area contributed by atoms with Gasteiger partial charge in [-0.05, 0) is 13.0 Å². The van der Waals surface area contributed by atoms with Crippen LogP contribution in [0.2, 0.25) is 0 Å². The van der Waals surface area contributed by atoms with E-state index in [2.05, 4.69) is 15.6 Å². The van der Waals surface area contributed by atoms with E-state index >= 15 is 0 Å². The van der Waals surface area contributed by atoms with Crippen molar-refractivity contribution in [1.82, 2.24) is 20.3 Å². The lowest BCUT2D eigenvalue weighted by atomic mass is 10.4. The number of carbonyl (C=O) groups is 1. The van der Waals surface area contributed by atoms with Gasteiger partial charge in [0.2, 0.25) is 5.91 Å². The molecule has 0 aliphatic heterocycles. The summed E-state index contributed by atoms with van der Waals surface area (Å²) in [6, 6.07) is 3.40. The zero-order valence-electron chi connectivity index (χ0n) is 9.38. The first kappa shape index (κ1) is 11.2. The Hall–Kier alpha value is -2.31. The molecule has 1 amide bonds. The fourth-order valence-corrected chi connectivity index (χ4v) is 1.36. The van der Waals surface area contributed by atoms with Crippen LogP contribution in [0.1, 0.15) is 11.5 Å². The van der Waals surface area contributed by atoms with Gasteiger partial charge in [0.1, 0.15) is 23.8 Å². The van der Waals surface area contributed by atoms with Crippen LogP contribution in [-0.2, 0) is 17.9 Å². The molecule has 7 nitrogen and oxygen atoms in total. The van der Waals surface area contributed by atoms with E-state index in [9.17, 15) is 4.79 Å². The van der Waals surface area contributed by atoms with Gasteiger partial charge in [-0.1, -0.05) is 5.16 Å². The maximum absolute atomic E-state index is 11.5. The maximum Gasteiger partial charge on any atom is 0.242 e. The fraction of sp³-hybridized carbons (Fsp3) is 0.300. The number of carbonyl (C=O) groups excluding carboxylic acids is 1. The second-order valence-electron chi connectivity index (χ2n) is 3.64. The van der Waals surface area contributed by atoms with Crippen LogP contribution < -0.4 is 11.1 Å². The summed E-state index contributed by atoms with van der Waals surface area (Å²) in [6.07, 6.45) is 1.65. The predicted octanol–water partition coefficient (Wildman–Crippen LogP) is 0.0781. The topological polar surface area (TPSA) is 99.0 Å². The molecule has 0 aliphatic carbocycles. The Morgan fingerprint density at radius 2 is 2.47 bits per heavy atom. The average Bonchev–Trinajstić information content (AvgIpc) is 2.85. The summed E-state index contributed by atoms with van der Waals surface area (Å²) >= 11 is 0. The predicted molar refractivity (Wildman–Crippen MR) is 59.7 cm³/mol. The summed E-state index contributed by atoms with van der Waals surface area (Å²) in [7, 11) is 0. The number of aromatic nitrogens is 3. The van der Waals surface area contributed by atoms with E-state index in [0.717, 1.165) is 0 Å². The molecule has 17 heavy (non-hydrogen) atoms. The van der Waals surface area contributed by atoms with Gasteiger partial charge in [-0.3, -0.25) is 9.48 Å². The van der Waals surface area contributed by atoms with Crippen LogP contribution in [0, 0.1) is 6.92 Å². The van der Waals surface area contributed by atoms with Crippen molar-refractivity contribution in [2.45, 2.75) is 20.0 Å². The van der Waals surface area contributed by atoms with Crippen molar-refractivity contribution in [2.75, 3.05) is 5.73 Å². The Balaban J connectivity index is 1.82. The van der Waals surface area contributed by atoms with Crippen molar-refractivity contribution in [1.29, 1.82) is 0 Å². The molecule has 0 aromatic carbocycles. The van der Waals surface area contributed by atoms with E-state index < -0.39 is 0 Å². The second kappa shape index (κ2) is 4.69. The molecule has 90 valence electrons. The molecule has 0 saturated carbocycles. The van der Waals surface area contributed by atoms with E-state index in [1.807, 2.05) is 0 Å². The normalized spacial score (nSPS) is 10.4. The number of hydrogen-bond acceptors (Lipinski definition) is 5. The Morgan fingerprint density at radius 3 is 3.06 bits per heavy atom. The molecule has 0 spiro atoms. The number of anilines is 1. The first-order chi connectivity index (χ1) is 8.13. The van der Waals surface area contributed by atoms with Gasteiger partial charge in [-0.25, -0.2) is 0 Å². The molecule has 0 bridgehead atoms. The highest BCUT2D eigenvalue weighted by molar-refractivity contribution is 5.75. The first-order valence-corrected chi connectivity index (χ1v) is 5.11. The highest BCUT2D eigenvalue weighted by Crippen LogP contribution is 2.00. The summed E-state index contributed by atoms with van der Waals surface area (Å²) < 4.78 is 6.35. The zero-order valence-corrected chi connectivity index (χ0v) is 9.38. The average molecular weight is 235 g/mol. The molecule has 0 aliphatic rings. The number of amides is 1. The molecule has 0 fully saturated rings. The summed E-state index contributed by atoms with van der Waals surface area (Å²) in [5.41, 5.74) is 6.13. The smallest absolute Gasteiger partial charge is 0.242 e. The van der Waals surface area contributed by atoms with Gasteiger partial charge in [0.15, 0.2) is 0 Å². The van der Waals surface area contributed by atoms with Crippen LogP contribution in [0.3, 0.4) is 0 Å². The Morgan fingerprint density at radius 1 is 1.65 bits per heavy atom. The van der Waals surface area contributed by atoms with Crippen molar-refractivity contribution < 1.29 is 9.32 Å². The van der Waals surface area contributed by atoms with Gasteiger partial charge in [-0.15, -0.1) is 0 Å². The number of nitrogen functional groups attached to an aromatic ring is 1. The van der Waals surface area contributed by atoms with Gasteiger partial charge < -0.3 is 15.6 Å². The number of rotatable bonds is 4. The van der Waals surface area contributed by atoms with Crippen molar-refractivity contribution in [2.24, 2.45) is 0 Å². The van der Waals surface area contributed by atoms with Crippen LogP contribution in [-0.4, -0.2) is 20.8 Å². The van der Waals surface area contributed by atoms with Crippen LogP contribution in [0.4, 0.5) is 5.82 Å². The van der Waals surface area contributed by atoms with Gasteiger partial charge in [0, 0.05) is 12.3 Å². The standard InChI is InChI=1S/C10H13N5O2/c1-7-4-8(14-17-7)5-12-10(16)6-15-3-2-9(11)13-15/h2-4H,5-6H2,1H3,(H2,11,13)(H,12,16). The third-order valence-electron chi connectivity index (χ3n) is 2.11. The molecule has 0 unspecified atom stereocenters. The Labute approximate surface area is 97.6 Å². The van der Waals surface area contributed by atoms with E-state index in [4.69, 9.17) is 10.3 Å². The number of nitrogens with one attached hydrogen (secondary N) is 1. The minimum absolute atomic E-state index is 0.133. The van der Waals surface area contributed by atoms with Crippen molar-refractivity contribution in [3.63, 3.8) is 0 Å². The van der Waals surface area contributed by atoms with E-state index in [1.54, 1.807) is 25.3 Å².